The van der Waals surface area contributed by atoms with Crippen molar-refractivity contribution in [2.45, 2.75) is 13.0 Å². The molecule has 0 unspecified atom stereocenters. The third kappa shape index (κ3) is 7.70. The van der Waals surface area contributed by atoms with Crippen LogP contribution in [0.4, 0.5) is 5.69 Å². The van der Waals surface area contributed by atoms with E-state index in [0.717, 1.165) is 5.56 Å². The number of benzene rings is 3. The molecule has 3 amide bonds. The average Bonchev–Trinajstić information content (AvgIpc) is 2.83. The number of anilines is 1. The van der Waals surface area contributed by atoms with Crippen LogP contribution in [0.5, 0.6) is 11.5 Å². The quantitative estimate of drug-likeness (QED) is 0.418. The Morgan fingerprint density at radius 3 is 2.12 bits per heavy atom. The first-order valence-electron chi connectivity index (χ1n) is 10.4. The zero-order valence-electron chi connectivity index (χ0n) is 18.0. The summed E-state index contributed by atoms with van der Waals surface area (Å²) in [5, 5.41) is 5.26. The second kappa shape index (κ2) is 11.9. The molecule has 0 saturated carbocycles. The van der Waals surface area contributed by atoms with Crippen LogP contribution in [0.2, 0.25) is 0 Å². The molecule has 0 radical (unpaired) electrons. The summed E-state index contributed by atoms with van der Waals surface area (Å²) in [6.45, 7) is 0.339. The van der Waals surface area contributed by atoms with Gasteiger partial charge < -0.3 is 25.8 Å². The van der Waals surface area contributed by atoms with E-state index >= 15 is 0 Å². The second-order valence-electron chi connectivity index (χ2n) is 7.10. The monoisotopic (exact) mass is 447 g/mol. The largest absolute Gasteiger partial charge is 0.489 e. The summed E-state index contributed by atoms with van der Waals surface area (Å²) in [5.41, 5.74) is 6.75. The van der Waals surface area contributed by atoms with Crippen molar-refractivity contribution in [3.05, 3.63) is 90.0 Å². The first-order valence-corrected chi connectivity index (χ1v) is 10.4. The van der Waals surface area contributed by atoms with Crippen LogP contribution in [0.25, 0.3) is 0 Å². The number of ether oxygens (including phenoxy) is 2. The maximum absolute atomic E-state index is 12.3. The summed E-state index contributed by atoms with van der Waals surface area (Å²) in [4.78, 5) is 35.5. The number of hydrogen-bond acceptors (Lipinski definition) is 5. The van der Waals surface area contributed by atoms with E-state index in [-0.39, 0.29) is 25.1 Å². The highest BCUT2D eigenvalue weighted by atomic mass is 16.5. The van der Waals surface area contributed by atoms with E-state index in [0.29, 0.717) is 23.8 Å². The topological polar surface area (TPSA) is 120 Å². The number of nitrogens with one attached hydrogen (secondary N) is 2. The van der Waals surface area contributed by atoms with Crippen LogP contribution < -0.4 is 25.8 Å². The molecule has 0 saturated heterocycles. The minimum Gasteiger partial charge on any atom is -0.489 e. The minimum absolute atomic E-state index is 0.0319. The van der Waals surface area contributed by atoms with Crippen molar-refractivity contribution in [1.29, 1.82) is 0 Å². The molecule has 3 aromatic rings. The Morgan fingerprint density at radius 2 is 1.42 bits per heavy atom. The molecule has 170 valence electrons. The van der Waals surface area contributed by atoms with Crippen LogP contribution in [0.15, 0.2) is 78.9 Å². The number of rotatable bonds is 11. The molecule has 0 aromatic heterocycles. The molecule has 33 heavy (non-hydrogen) atoms. The van der Waals surface area contributed by atoms with Crippen LogP contribution in [-0.4, -0.2) is 30.9 Å². The molecule has 0 fully saturated rings. The molecule has 0 spiro atoms. The first-order chi connectivity index (χ1) is 16.0. The van der Waals surface area contributed by atoms with E-state index in [4.69, 9.17) is 15.2 Å². The number of para-hydroxylation sites is 1. The van der Waals surface area contributed by atoms with Gasteiger partial charge in [0.05, 0.1) is 11.3 Å². The first kappa shape index (κ1) is 23.3. The van der Waals surface area contributed by atoms with E-state index in [2.05, 4.69) is 10.6 Å². The highest BCUT2D eigenvalue weighted by molar-refractivity contribution is 6.04. The van der Waals surface area contributed by atoms with Gasteiger partial charge in [-0.2, -0.15) is 0 Å². The van der Waals surface area contributed by atoms with Gasteiger partial charge in [0.25, 0.3) is 11.8 Å². The fourth-order valence-corrected chi connectivity index (χ4v) is 2.89. The fourth-order valence-electron chi connectivity index (χ4n) is 2.89. The number of carbonyl (C=O) groups is 3. The fraction of sp³-hybridized carbons (Fsp3) is 0.160. The molecule has 0 aliphatic heterocycles. The van der Waals surface area contributed by atoms with Crippen LogP contribution >= 0.6 is 0 Å². The van der Waals surface area contributed by atoms with Crippen molar-refractivity contribution in [2.75, 3.05) is 18.5 Å². The third-order valence-electron chi connectivity index (χ3n) is 4.54. The highest BCUT2D eigenvalue weighted by Crippen LogP contribution is 2.19. The van der Waals surface area contributed by atoms with E-state index in [1.54, 1.807) is 48.5 Å². The molecule has 3 rings (SSSR count). The molecule has 8 heteroatoms. The van der Waals surface area contributed by atoms with Gasteiger partial charge in [0.15, 0.2) is 6.61 Å². The Morgan fingerprint density at radius 1 is 0.788 bits per heavy atom. The Balaban J connectivity index is 1.48. The zero-order chi connectivity index (χ0) is 23.5. The lowest BCUT2D eigenvalue weighted by Gasteiger charge is -2.12. The Labute approximate surface area is 191 Å². The summed E-state index contributed by atoms with van der Waals surface area (Å²) in [7, 11) is 0. The van der Waals surface area contributed by atoms with Crippen molar-refractivity contribution >= 4 is 23.4 Å². The second-order valence-corrected chi connectivity index (χ2v) is 7.10. The molecule has 0 aliphatic carbocycles. The lowest BCUT2D eigenvalue weighted by molar-refractivity contribution is -0.118. The summed E-state index contributed by atoms with van der Waals surface area (Å²) in [5.74, 6) is -0.151. The number of primary amides is 1. The lowest BCUT2D eigenvalue weighted by atomic mass is 10.1. The Bertz CT molecular complexity index is 1080. The van der Waals surface area contributed by atoms with Crippen molar-refractivity contribution < 1.29 is 23.9 Å². The molecule has 3 aromatic carbocycles. The van der Waals surface area contributed by atoms with Gasteiger partial charge in [0.1, 0.15) is 18.1 Å². The molecule has 0 aliphatic rings. The molecule has 0 heterocycles. The van der Waals surface area contributed by atoms with E-state index in [1.807, 2.05) is 30.3 Å². The SMILES string of the molecule is NC(=O)CCNC(=O)c1ccccc1NC(=O)COc1ccc(OCc2ccccc2)cc1. The number of carbonyl (C=O) groups excluding carboxylic acids is 3. The normalized spacial score (nSPS) is 10.2. The Hall–Kier alpha value is -4.33. The van der Waals surface area contributed by atoms with Crippen LogP contribution in [0.3, 0.4) is 0 Å². The van der Waals surface area contributed by atoms with Gasteiger partial charge in [-0.25, -0.2) is 0 Å². The van der Waals surface area contributed by atoms with E-state index < -0.39 is 17.7 Å². The molecule has 0 bridgehead atoms. The molecular weight excluding hydrogens is 422 g/mol. The zero-order valence-corrected chi connectivity index (χ0v) is 18.0. The molecule has 0 atom stereocenters. The van der Waals surface area contributed by atoms with Crippen molar-refractivity contribution in [2.24, 2.45) is 5.73 Å². The predicted octanol–water partition coefficient (Wildman–Crippen LogP) is 2.89. The summed E-state index contributed by atoms with van der Waals surface area (Å²) in [6, 6.07) is 23.4. The summed E-state index contributed by atoms with van der Waals surface area (Å²) in [6.07, 6.45) is 0.0319. The number of nitrogens with two attached hydrogens (primary N) is 1. The Kier molecular flexibility index (Phi) is 8.41. The standard InChI is InChI=1S/C25H25N3O5/c26-23(29)14-15-27-25(31)21-8-4-5-9-22(21)28-24(30)17-33-20-12-10-19(11-13-20)32-16-18-6-2-1-3-7-18/h1-13H,14-17H2,(H2,26,29)(H,27,31)(H,28,30). The van der Waals surface area contributed by atoms with Crippen molar-refractivity contribution in [1.82, 2.24) is 5.32 Å². The van der Waals surface area contributed by atoms with Gasteiger partial charge in [-0.15, -0.1) is 0 Å². The summed E-state index contributed by atoms with van der Waals surface area (Å²) < 4.78 is 11.3. The molecule has 4 N–H and O–H groups in total. The number of amides is 3. The van der Waals surface area contributed by atoms with Crippen molar-refractivity contribution in [3.63, 3.8) is 0 Å². The lowest BCUT2D eigenvalue weighted by Crippen LogP contribution is -2.29. The van der Waals surface area contributed by atoms with Gasteiger partial charge in [-0.1, -0.05) is 42.5 Å². The molecule has 8 nitrogen and oxygen atoms in total. The smallest absolute Gasteiger partial charge is 0.262 e. The predicted molar refractivity (Wildman–Crippen MR) is 124 cm³/mol. The minimum atomic E-state index is -0.509. The van der Waals surface area contributed by atoms with Gasteiger partial charge in [-0.05, 0) is 42.0 Å². The molecular formula is C25H25N3O5. The van der Waals surface area contributed by atoms with Crippen LogP contribution in [-0.2, 0) is 16.2 Å². The average molecular weight is 447 g/mol. The maximum Gasteiger partial charge on any atom is 0.262 e. The number of hydrogen-bond donors (Lipinski definition) is 3. The van der Waals surface area contributed by atoms with Gasteiger partial charge in [0.2, 0.25) is 5.91 Å². The van der Waals surface area contributed by atoms with Crippen LogP contribution in [0.1, 0.15) is 22.3 Å². The van der Waals surface area contributed by atoms with E-state index in [1.165, 1.54) is 0 Å². The van der Waals surface area contributed by atoms with Crippen LogP contribution in [0, 0.1) is 0 Å². The van der Waals surface area contributed by atoms with Gasteiger partial charge >= 0.3 is 0 Å². The highest BCUT2D eigenvalue weighted by Gasteiger charge is 2.13. The van der Waals surface area contributed by atoms with E-state index in [9.17, 15) is 14.4 Å². The van der Waals surface area contributed by atoms with Gasteiger partial charge in [-0.3, -0.25) is 14.4 Å². The third-order valence-corrected chi connectivity index (χ3v) is 4.54. The van der Waals surface area contributed by atoms with Crippen molar-refractivity contribution in [3.8, 4) is 11.5 Å². The summed E-state index contributed by atoms with van der Waals surface area (Å²) >= 11 is 0. The maximum atomic E-state index is 12.3. The van der Waals surface area contributed by atoms with Gasteiger partial charge in [0, 0.05) is 13.0 Å².